The summed E-state index contributed by atoms with van der Waals surface area (Å²) in [5, 5.41) is 0. The van der Waals surface area contributed by atoms with Gasteiger partial charge in [0.1, 0.15) is 5.75 Å². The number of carbonyl (C=O) groups is 1. The van der Waals surface area contributed by atoms with Crippen molar-refractivity contribution in [3.8, 4) is 5.75 Å². The molecule has 2 aliphatic carbocycles. The van der Waals surface area contributed by atoms with Crippen molar-refractivity contribution in [3.05, 3.63) is 29.8 Å². The van der Waals surface area contributed by atoms with E-state index < -0.39 is 0 Å². The molecule has 2 heteroatoms. The molecule has 2 saturated carbocycles. The van der Waals surface area contributed by atoms with Crippen LogP contribution in [0.5, 0.6) is 5.75 Å². The molecule has 162 valence electrons. The minimum Gasteiger partial charge on any atom is -0.427 e. The Morgan fingerprint density at radius 2 is 1.45 bits per heavy atom. The first-order valence-electron chi connectivity index (χ1n) is 12.5. The van der Waals surface area contributed by atoms with Crippen LogP contribution in [-0.2, 0) is 4.79 Å². The molecule has 0 atom stereocenters. The van der Waals surface area contributed by atoms with Crippen molar-refractivity contribution >= 4 is 5.97 Å². The maximum Gasteiger partial charge on any atom is 0.311 e. The smallest absolute Gasteiger partial charge is 0.311 e. The molecule has 2 aliphatic rings. The van der Waals surface area contributed by atoms with E-state index in [0.29, 0.717) is 18.1 Å². The lowest BCUT2D eigenvalue weighted by atomic mass is 9.68. The number of hydrogen-bond acceptors (Lipinski definition) is 2. The number of ether oxygens (including phenoxy) is 1. The zero-order valence-electron chi connectivity index (χ0n) is 18.8. The number of esters is 1. The van der Waals surface area contributed by atoms with Gasteiger partial charge >= 0.3 is 5.97 Å². The molecule has 0 N–H and O–H groups in total. The molecule has 0 aromatic heterocycles. The summed E-state index contributed by atoms with van der Waals surface area (Å²) in [7, 11) is 0. The molecule has 0 saturated heterocycles. The SMILES string of the molecule is CCCCCC(=O)Oc1ccc(C2CCC(C3CCC(CCC)CC3)CC2)cc1. The van der Waals surface area contributed by atoms with Crippen molar-refractivity contribution in [2.45, 2.75) is 110 Å². The van der Waals surface area contributed by atoms with Crippen molar-refractivity contribution in [1.82, 2.24) is 0 Å². The summed E-state index contributed by atoms with van der Waals surface area (Å²) in [5.41, 5.74) is 1.43. The maximum atomic E-state index is 11.9. The average molecular weight is 399 g/mol. The fourth-order valence-corrected chi connectivity index (χ4v) is 5.79. The van der Waals surface area contributed by atoms with E-state index in [-0.39, 0.29) is 5.97 Å². The van der Waals surface area contributed by atoms with Crippen molar-refractivity contribution in [3.63, 3.8) is 0 Å². The van der Waals surface area contributed by atoms with Gasteiger partial charge in [0.05, 0.1) is 0 Å². The maximum absolute atomic E-state index is 11.9. The Morgan fingerprint density at radius 1 is 0.828 bits per heavy atom. The third-order valence-electron chi connectivity index (χ3n) is 7.59. The molecule has 1 aromatic rings. The number of carbonyl (C=O) groups excluding carboxylic acids is 1. The van der Waals surface area contributed by atoms with Gasteiger partial charge in [-0.1, -0.05) is 64.5 Å². The molecule has 0 unspecified atom stereocenters. The monoisotopic (exact) mass is 398 g/mol. The van der Waals surface area contributed by atoms with Crippen molar-refractivity contribution in [2.24, 2.45) is 17.8 Å². The fourth-order valence-electron chi connectivity index (χ4n) is 5.79. The Labute approximate surface area is 178 Å². The summed E-state index contributed by atoms with van der Waals surface area (Å²) in [6.07, 6.45) is 17.9. The Hall–Kier alpha value is -1.31. The molecule has 0 bridgehead atoms. The summed E-state index contributed by atoms with van der Waals surface area (Å²) in [4.78, 5) is 11.9. The van der Waals surface area contributed by atoms with Gasteiger partial charge in [0, 0.05) is 6.42 Å². The zero-order valence-corrected chi connectivity index (χ0v) is 18.8. The van der Waals surface area contributed by atoms with Crippen LogP contribution >= 0.6 is 0 Å². The molecule has 3 rings (SSSR count). The van der Waals surface area contributed by atoms with Gasteiger partial charge in [-0.25, -0.2) is 0 Å². The van der Waals surface area contributed by atoms with E-state index in [4.69, 9.17) is 4.74 Å². The van der Waals surface area contributed by atoms with E-state index in [1.54, 1.807) is 0 Å². The van der Waals surface area contributed by atoms with Crippen LogP contribution in [-0.4, -0.2) is 5.97 Å². The molecule has 2 fully saturated rings. The van der Waals surface area contributed by atoms with Crippen LogP contribution in [0, 0.1) is 17.8 Å². The quantitative estimate of drug-likeness (QED) is 0.239. The number of rotatable bonds is 9. The molecule has 0 spiro atoms. The summed E-state index contributed by atoms with van der Waals surface area (Å²) < 4.78 is 5.49. The first kappa shape index (κ1) is 22.4. The molecular formula is C27H42O2. The molecule has 0 amide bonds. The Balaban J connectivity index is 1.41. The predicted molar refractivity (Wildman–Crippen MR) is 121 cm³/mol. The fraction of sp³-hybridized carbons (Fsp3) is 0.741. The highest BCUT2D eigenvalue weighted by atomic mass is 16.5. The van der Waals surface area contributed by atoms with Gasteiger partial charge in [-0.3, -0.25) is 4.79 Å². The second kappa shape index (κ2) is 11.8. The Bertz CT molecular complexity index is 589. The minimum absolute atomic E-state index is 0.0969. The Kier molecular flexibility index (Phi) is 9.08. The number of benzene rings is 1. The molecule has 1 aromatic carbocycles. The van der Waals surface area contributed by atoms with E-state index in [1.165, 1.54) is 69.8 Å². The van der Waals surface area contributed by atoms with Crippen LogP contribution in [0.3, 0.4) is 0 Å². The van der Waals surface area contributed by atoms with Crippen LogP contribution < -0.4 is 4.74 Å². The normalized spacial score (nSPS) is 27.5. The summed E-state index contributed by atoms with van der Waals surface area (Å²) in [5.74, 6) is 4.28. The van der Waals surface area contributed by atoms with Crippen LogP contribution in [0.2, 0.25) is 0 Å². The highest BCUT2D eigenvalue weighted by Gasteiger charge is 2.31. The minimum atomic E-state index is -0.0969. The molecule has 0 aliphatic heterocycles. The lowest BCUT2D eigenvalue weighted by Gasteiger charge is -2.38. The van der Waals surface area contributed by atoms with Gasteiger partial charge < -0.3 is 4.74 Å². The van der Waals surface area contributed by atoms with Crippen molar-refractivity contribution in [2.75, 3.05) is 0 Å². The third-order valence-corrected chi connectivity index (χ3v) is 7.59. The second-order valence-electron chi connectivity index (χ2n) is 9.68. The van der Waals surface area contributed by atoms with Crippen LogP contribution in [0.15, 0.2) is 24.3 Å². The van der Waals surface area contributed by atoms with Crippen molar-refractivity contribution < 1.29 is 9.53 Å². The molecular weight excluding hydrogens is 356 g/mol. The number of unbranched alkanes of at least 4 members (excludes halogenated alkanes) is 2. The molecule has 0 heterocycles. The van der Waals surface area contributed by atoms with Gasteiger partial charge in [-0.15, -0.1) is 0 Å². The highest BCUT2D eigenvalue weighted by molar-refractivity contribution is 5.72. The van der Waals surface area contributed by atoms with E-state index in [9.17, 15) is 4.79 Å². The molecule has 2 nitrogen and oxygen atoms in total. The van der Waals surface area contributed by atoms with E-state index in [1.807, 2.05) is 12.1 Å². The molecule has 0 radical (unpaired) electrons. The lowest BCUT2D eigenvalue weighted by Crippen LogP contribution is -2.25. The predicted octanol–water partition coefficient (Wildman–Crippen LogP) is 8.05. The summed E-state index contributed by atoms with van der Waals surface area (Å²) in [6, 6.07) is 8.37. The van der Waals surface area contributed by atoms with E-state index >= 15 is 0 Å². The van der Waals surface area contributed by atoms with E-state index in [2.05, 4.69) is 26.0 Å². The summed E-state index contributed by atoms with van der Waals surface area (Å²) in [6.45, 7) is 4.48. The zero-order chi connectivity index (χ0) is 20.5. The van der Waals surface area contributed by atoms with Gasteiger partial charge in [-0.2, -0.15) is 0 Å². The average Bonchev–Trinajstić information content (AvgIpc) is 2.75. The first-order valence-corrected chi connectivity index (χ1v) is 12.5. The van der Waals surface area contributed by atoms with Gasteiger partial charge in [0.25, 0.3) is 0 Å². The highest BCUT2D eigenvalue weighted by Crippen LogP contribution is 2.44. The summed E-state index contributed by atoms with van der Waals surface area (Å²) >= 11 is 0. The van der Waals surface area contributed by atoms with Crippen LogP contribution in [0.1, 0.15) is 115 Å². The van der Waals surface area contributed by atoms with Gasteiger partial charge in [0.2, 0.25) is 0 Å². The van der Waals surface area contributed by atoms with Gasteiger partial charge in [-0.05, 0) is 86.3 Å². The van der Waals surface area contributed by atoms with Crippen LogP contribution in [0.25, 0.3) is 0 Å². The molecule has 29 heavy (non-hydrogen) atoms. The van der Waals surface area contributed by atoms with Crippen molar-refractivity contribution in [1.29, 1.82) is 0 Å². The first-order chi connectivity index (χ1) is 14.2. The topological polar surface area (TPSA) is 26.3 Å². The largest absolute Gasteiger partial charge is 0.427 e. The van der Waals surface area contributed by atoms with E-state index in [0.717, 1.165) is 37.0 Å². The standard InChI is InChI=1S/C27H42O2/c1-3-5-6-8-27(28)29-26-19-17-25(18-20-26)24-15-13-23(14-16-24)22-11-9-21(7-4-2)10-12-22/h17-24H,3-16H2,1-2H3. The lowest BCUT2D eigenvalue weighted by molar-refractivity contribution is -0.134. The Morgan fingerprint density at radius 3 is 2.03 bits per heavy atom. The number of hydrogen-bond donors (Lipinski definition) is 0. The van der Waals surface area contributed by atoms with Crippen LogP contribution in [0.4, 0.5) is 0 Å². The second-order valence-corrected chi connectivity index (χ2v) is 9.68. The van der Waals surface area contributed by atoms with Gasteiger partial charge in [0.15, 0.2) is 0 Å². The third kappa shape index (κ3) is 6.86.